The van der Waals surface area contributed by atoms with Crippen molar-refractivity contribution < 1.29 is 4.74 Å². The molecule has 0 saturated carbocycles. The van der Waals surface area contributed by atoms with E-state index < -0.39 is 0 Å². The fraction of sp³-hybridized carbons (Fsp3) is 0.0769. The van der Waals surface area contributed by atoms with Crippen molar-refractivity contribution in [3.05, 3.63) is 51.4 Å². The maximum absolute atomic E-state index is 5.80. The third kappa shape index (κ3) is 2.37. The highest BCUT2D eigenvalue weighted by Gasteiger charge is 2.05. The molecule has 18 heavy (non-hydrogen) atoms. The number of thiophene rings is 1. The maximum Gasteiger partial charge on any atom is 0.149 e. The Morgan fingerprint density at radius 3 is 3.06 bits per heavy atom. The van der Waals surface area contributed by atoms with Gasteiger partial charge in [0.25, 0.3) is 0 Å². The molecule has 0 bridgehead atoms. The van der Waals surface area contributed by atoms with Gasteiger partial charge in [-0.05, 0) is 33.4 Å². The van der Waals surface area contributed by atoms with Crippen molar-refractivity contribution >= 4 is 38.3 Å². The zero-order chi connectivity index (χ0) is 12.4. The van der Waals surface area contributed by atoms with Gasteiger partial charge in [-0.15, -0.1) is 11.3 Å². The van der Waals surface area contributed by atoms with Crippen LogP contribution in [-0.4, -0.2) is 9.97 Å². The average molecular weight is 321 g/mol. The lowest BCUT2D eigenvalue weighted by atomic mass is 10.3. The number of pyridine rings is 2. The van der Waals surface area contributed by atoms with Crippen LogP contribution < -0.4 is 4.74 Å². The van der Waals surface area contributed by atoms with Crippen molar-refractivity contribution in [3.8, 4) is 5.75 Å². The number of hydrogen-bond donors (Lipinski definition) is 0. The summed E-state index contributed by atoms with van der Waals surface area (Å²) < 4.78 is 6.71. The number of halogens is 1. The topological polar surface area (TPSA) is 35.0 Å². The molecule has 0 unspecified atom stereocenters. The normalized spacial score (nSPS) is 10.7. The minimum Gasteiger partial charge on any atom is -0.486 e. The Morgan fingerprint density at radius 1 is 1.28 bits per heavy atom. The molecule has 0 fully saturated rings. The molecule has 0 spiro atoms. The second-order valence-electron chi connectivity index (χ2n) is 3.70. The van der Waals surface area contributed by atoms with Crippen LogP contribution in [0.5, 0.6) is 5.75 Å². The second-order valence-corrected chi connectivity index (χ2v) is 5.65. The second kappa shape index (κ2) is 5.04. The molecule has 3 heterocycles. The summed E-state index contributed by atoms with van der Waals surface area (Å²) in [7, 11) is 0. The monoisotopic (exact) mass is 320 g/mol. The molecular weight excluding hydrogens is 312 g/mol. The molecule has 5 heteroatoms. The number of hydrogen-bond acceptors (Lipinski definition) is 4. The van der Waals surface area contributed by atoms with Crippen LogP contribution in [0.25, 0.3) is 11.0 Å². The van der Waals surface area contributed by atoms with Gasteiger partial charge in [0.2, 0.25) is 0 Å². The summed E-state index contributed by atoms with van der Waals surface area (Å²) in [5, 5.41) is 2.04. The van der Waals surface area contributed by atoms with E-state index in [1.807, 2.05) is 23.6 Å². The SMILES string of the molecule is Brc1cnc2c(OCc3cccs3)ccnc2c1. The Labute approximate surface area is 117 Å². The van der Waals surface area contributed by atoms with Crippen LogP contribution in [0.1, 0.15) is 4.88 Å². The molecule has 0 aliphatic carbocycles. The van der Waals surface area contributed by atoms with Crippen molar-refractivity contribution in [1.82, 2.24) is 9.97 Å². The summed E-state index contributed by atoms with van der Waals surface area (Å²) in [4.78, 5) is 9.82. The molecule has 0 aliphatic rings. The zero-order valence-corrected chi connectivity index (χ0v) is 11.7. The van der Waals surface area contributed by atoms with E-state index in [1.165, 1.54) is 4.88 Å². The van der Waals surface area contributed by atoms with Crippen molar-refractivity contribution in [3.63, 3.8) is 0 Å². The lowest BCUT2D eigenvalue weighted by Crippen LogP contribution is -1.95. The van der Waals surface area contributed by atoms with Crippen LogP contribution in [0, 0.1) is 0 Å². The quantitative estimate of drug-likeness (QED) is 0.730. The van der Waals surface area contributed by atoms with Gasteiger partial charge in [0.05, 0.1) is 5.52 Å². The van der Waals surface area contributed by atoms with E-state index in [4.69, 9.17) is 4.74 Å². The van der Waals surface area contributed by atoms with Gasteiger partial charge in [0.15, 0.2) is 0 Å². The Balaban J connectivity index is 1.92. The van der Waals surface area contributed by atoms with Gasteiger partial charge in [0.1, 0.15) is 17.9 Å². The fourth-order valence-electron chi connectivity index (χ4n) is 1.64. The van der Waals surface area contributed by atoms with E-state index in [9.17, 15) is 0 Å². The van der Waals surface area contributed by atoms with E-state index in [0.717, 1.165) is 21.3 Å². The van der Waals surface area contributed by atoms with E-state index in [1.54, 1.807) is 23.7 Å². The summed E-state index contributed by atoms with van der Waals surface area (Å²) in [5.41, 5.74) is 1.62. The predicted molar refractivity (Wildman–Crippen MR) is 75.9 cm³/mol. The van der Waals surface area contributed by atoms with Crippen LogP contribution in [0.4, 0.5) is 0 Å². The number of aromatic nitrogens is 2. The fourth-order valence-corrected chi connectivity index (χ4v) is 2.58. The van der Waals surface area contributed by atoms with E-state index in [0.29, 0.717) is 6.61 Å². The lowest BCUT2D eigenvalue weighted by Gasteiger charge is -2.07. The lowest BCUT2D eigenvalue weighted by molar-refractivity contribution is 0.313. The summed E-state index contributed by atoms with van der Waals surface area (Å²) in [6.45, 7) is 0.564. The number of nitrogens with zero attached hydrogens (tertiary/aromatic N) is 2. The van der Waals surface area contributed by atoms with Gasteiger partial charge in [0, 0.05) is 27.8 Å². The molecule has 0 saturated heterocycles. The molecule has 0 amide bonds. The van der Waals surface area contributed by atoms with Crippen LogP contribution in [-0.2, 0) is 6.61 Å². The summed E-state index contributed by atoms with van der Waals surface area (Å²) in [6, 6.07) is 7.85. The smallest absolute Gasteiger partial charge is 0.149 e. The van der Waals surface area contributed by atoms with Gasteiger partial charge in [-0.2, -0.15) is 0 Å². The minimum absolute atomic E-state index is 0.564. The third-order valence-electron chi connectivity index (χ3n) is 2.46. The number of ether oxygens (including phenoxy) is 1. The molecule has 3 aromatic heterocycles. The Morgan fingerprint density at radius 2 is 2.22 bits per heavy atom. The first-order valence-corrected chi connectivity index (χ1v) is 7.05. The predicted octanol–water partition coefficient (Wildman–Crippen LogP) is 4.03. The highest BCUT2D eigenvalue weighted by molar-refractivity contribution is 9.10. The highest BCUT2D eigenvalue weighted by Crippen LogP contribution is 2.25. The van der Waals surface area contributed by atoms with Gasteiger partial charge < -0.3 is 4.74 Å². The van der Waals surface area contributed by atoms with Gasteiger partial charge >= 0.3 is 0 Å². The molecule has 0 aromatic carbocycles. The number of fused-ring (bicyclic) bond motifs is 1. The molecular formula is C13H9BrN2OS. The van der Waals surface area contributed by atoms with E-state index >= 15 is 0 Å². The summed E-state index contributed by atoms with van der Waals surface area (Å²) in [5.74, 6) is 0.765. The standard InChI is InChI=1S/C13H9BrN2OS/c14-9-6-11-13(16-7-9)12(3-4-15-11)17-8-10-2-1-5-18-10/h1-7H,8H2. The van der Waals surface area contributed by atoms with Crippen molar-refractivity contribution in [2.45, 2.75) is 6.61 Å². The number of rotatable bonds is 3. The van der Waals surface area contributed by atoms with Gasteiger partial charge in [-0.3, -0.25) is 4.98 Å². The molecule has 0 N–H and O–H groups in total. The van der Waals surface area contributed by atoms with Gasteiger partial charge in [-0.1, -0.05) is 6.07 Å². The Hall–Kier alpha value is -1.46. The largest absolute Gasteiger partial charge is 0.486 e. The van der Waals surface area contributed by atoms with E-state index in [-0.39, 0.29) is 0 Å². The van der Waals surface area contributed by atoms with E-state index in [2.05, 4.69) is 32.0 Å². The molecule has 0 radical (unpaired) electrons. The molecule has 3 aromatic rings. The van der Waals surface area contributed by atoms with Crippen molar-refractivity contribution in [2.24, 2.45) is 0 Å². The molecule has 90 valence electrons. The van der Waals surface area contributed by atoms with Crippen molar-refractivity contribution in [2.75, 3.05) is 0 Å². The van der Waals surface area contributed by atoms with Gasteiger partial charge in [-0.25, -0.2) is 4.98 Å². The zero-order valence-electron chi connectivity index (χ0n) is 9.34. The van der Waals surface area contributed by atoms with Crippen LogP contribution in [0.2, 0.25) is 0 Å². The molecule has 0 aliphatic heterocycles. The molecule has 3 rings (SSSR count). The van der Waals surface area contributed by atoms with Crippen molar-refractivity contribution in [1.29, 1.82) is 0 Å². The first-order chi connectivity index (χ1) is 8.83. The van der Waals surface area contributed by atoms with Crippen LogP contribution in [0.3, 0.4) is 0 Å². The average Bonchev–Trinajstić information content (AvgIpc) is 2.89. The first kappa shape index (κ1) is 11.6. The molecule has 3 nitrogen and oxygen atoms in total. The van der Waals surface area contributed by atoms with Crippen LogP contribution >= 0.6 is 27.3 Å². The summed E-state index contributed by atoms with van der Waals surface area (Å²) >= 11 is 5.07. The third-order valence-corrected chi connectivity index (χ3v) is 3.74. The Bertz CT molecular complexity index is 670. The maximum atomic E-state index is 5.80. The van der Waals surface area contributed by atoms with Crippen LogP contribution in [0.15, 0.2) is 46.5 Å². The highest BCUT2D eigenvalue weighted by atomic mass is 79.9. The molecule has 0 atom stereocenters. The summed E-state index contributed by atoms with van der Waals surface area (Å²) in [6.07, 6.45) is 3.49. The Kier molecular flexibility index (Phi) is 3.25. The first-order valence-electron chi connectivity index (χ1n) is 5.38. The minimum atomic E-state index is 0.564.